The number of carbonyl (C=O) groups is 4. The highest BCUT2D eigenvalue weighted by molar-refractivity contribution is 5.94. The van der Waals surface area contributed by atoms with Crippen molar-refractivity contribution in [2.75, 3.05) is 13.1 Å². The van der Waals surface area contributed by atoms with Crippen molar-refractivity contribution < 1.29 is 29.0 Å². The lowest BCUT2D eigenvalue weighted by molar-refractivity contribution is -0.143. The Bertz CT molecular complexity index is 964. The van der Waals surface area contributed by atoms with Crippen LogP contribution >= 0.6 is 0 Å². The second kappa shape index (κ2) is 13.1. The second-order valence-electron chi connectivity index (χ2n) is 11.8. The Morgan fingerprint density at radius 3 is 2.08 bits per heavy atom. The monoisotopic (exact) mass is 531 g/mol. The number of hydrogen-bond acceptors (Lipinski definition) is 5. The van der Waals surface area contributed by atoms with E-state index in [1.54, 1.807) is 4.90 Å². The topological polar surface area (TPSA) is 125 Å². The molecule has 1 aliphatic heterocycles. The third-order valence-electron chi connectivity index (χ3n) is 7.13. The molecule has 1 fully saturated rings. The van der Waals surface area contributed by atoms with E-state index in [2.05, 4.69) is 10.6 Å². The molecule has 1 aliphatic rings. The molecule has 0 aliphatic carbocycles. The minimum absolute atomic E-state index is 0.0737. The lowest BCUT2D eigenvalue weighted by atomic mass is 9.71. The van der Waals surface area contributed by atoms with Crippen LogP contribution in [0.15, 0.2) is 30.3 Å². The van der Waals surface area contributed by atoms with Gasteiger partial charge in [-0.15, -0.1) is 0 Å². The Kier molecular flexibility index (Phi) is 10.7. The van der Waals surface area contributed by atoms with Gasteiger partial charge in [-0.2, -0.15) is 0 Å². The summed E-state index contributed by atoms with van der Waals surface area (Å²) >= 11 is 0. The van der Waals surface area contributed by atoms with Gasteiger partial charge in [0.1, 0.15) is 17.7 Å². The van der Waals surface area contributed by atoms with Gasteiger partial charge < -0.3 is 25.4 Å². The van der Waals surface area contributed by atoms with Crippen LogP contribution < -0.4 is 10.6 Å². The molecular weight excluding hydrogens is 486 g/mol. The predicted octanol–water partition coefficient (Wildman–Crippen LogP) is 4.10. The van der Waals surface area contributed by atoms with Gasteiger partial charge in [0, 0.05) is 13.1 Å². The molecule has 212 valence electrons. The quantitative estimate of drug-likeness (QED) is 0.417. The lowest BCUT2D eigenvalue weighted by Gasteiger charge is -2.42. The highest BCUT2D eigenvalue weighted by atomic mass is 16.6. The molecule has 3 amide bonds. The zero-order valence-corrected chi connectivity index (χ0v) is 23.9. The summed E-state index contributed by atoms with van der Waals surface area (Å²) in [6.07, 6.45) is 1.22. The van der Waals surface area contributed by atoms with Crippen LogP contribution in [0.2, 0.25) is 0 Å². The van der Waals surface area contributed by atoms with Gasteiger partial charge in [0.2, 0.25) is 11.8 Å². The minimum Gasteiger partial charge on any atom is -0.480 e. The SMILES string of the molecule is CC[C@H](C)[C@H](NC(=O)C1(c2ccccc2)CCN(C(=O)OC(C)(C)C)CC1)C(=O)N[C@@H](CC(C)C)C(=O)O. The summed E-state index contributed by atoms with van der Waals surface area (Å²) in [4.78, 5) is 53.4. The average Bonchev–Trinajstić information content (AvgIpc) is 2.85. The standard InChI is InChI=1S/C29H45N3O6/c1-8-20(4)23(24(33)30-22(25(34)35)18-19(2)3)31-26(36)29(21-12-10-9-11-13-21)14-16-32(17-15-29)27(37)38-28(5,6)7/h9-13,19-20,22-23H,8,14-18H2,1-7H3,(H,30,33)(H,31,36)(H,34,35)/t20-,22-,23-/m0/s1. The number of nitrogens with one attached hydrogen (secondary N) is 2. The van der Waals surface area contributed by atoms with Crippen molar-refractivity contribution in [1.29, 1.82) is 0 Å². The number of aliphatic carboxylic acids is 1. The van der Waals surface area contributed by atoms with E-state index in [-0.39, 0.29) is 24.2 Å². The third-order valence-corrected chi connectivity index (χ3v) is 7.13. The number of carbonyl (C=O) groups excluding carboxylic acids is 3. The molecule has 1 heterocycles. The van der Waals surface area contributed by atoms with Gasteiger partial charge in [-0.25, -0.2) is 9.59 Å². The maximum atomic E-state index is 14.0. The van der Waals surface area contributed by atoms with E-state index < -0.39 is 41.1 Å². The highest BCUT2D eigenvalue weighted by Crippen LogP contribution is 2.37. The van der Waals surface area contributed by atoms with Gasteiger partial charge in [-0.05, 0) is 57.4 Å². The van der Waals surface area contributed by atoms with Crippen molar-refractivity contribution >= 4 is 23.9 Å². The molecule has 0 aromatic heterocycles. The van der Waals surface area contributed by atoms with Crippen molar-refractivity contribution in [3.63, 3.8) is 0 Å². The molecular formula is C29H45N3O6. The summed E-state index contributed by atoms with van der Waals surface area (Å²) in [7, 11) is 0. The number of hydrogen-bond donors (Lipinski definition) is 3. The van der Waals surface area contributed by atoms with Crippen molar-refractivity contribution in [3.05, 3.63) is 35.9 Å². The van der Waals surface area contributed by atoms with Gasteiger partial charge in [-0.1, -0.05) is 64.4 Å². The summed E-state index contributed by atoms with van der Waals surface area (Å²) in [6, 6.07) is 7.46. The highest BCUT2D eigenvalue weighted by Gasteiger charge is 2.46. The Labute approximate surface area is 226 Å². The van der Waals surface area contributed by atoms with E-state index in [9.17, 15) is 24.3 Å². The smallest absolute Gasteiger partial charge is 0.410 e. The molecule has 0 radical (unpaired) electrons. The maximum Gasteiger partial charge on any atom is 0.410 e. The summed E-state index contributed by atoms with van der Waals surface area (Å²) in [6.45, 7) is 13.7. The van der Waals surface area contributed by atoms with Crippen LogP contribution in [0.5, 0.6) is 0 Å². The van der Waals surface area contributed by atoms with Gasteiger partial charge in [0.05, 0.1) is 5.41 Å². The number of carboxylic acid groups (broad SMARTS) is 1. The van der Waals surface area contributed by atoms with Crippen LogP contribution in [0, 0.1) is 11.8 Å². The first kappa shape index (κ1) is 31.1. The molecule has 1 aromatic carbocycles. The predicted molar refractivity (Wildman–Crippen MR) is 146 cm³/mol. The summed E-state index contributed by atoms with van der Waals surface area (Å²) in [5.41, 5.74) is -0.758. The van der Waals surface area contributed by atoms with E-state index in [0.717, 1.165) is 5.56 Å². The fraction of sp³-hybridized carbons (Fsp3) is 0.655. The molecule has 9 nitrogen and oxygen atoms in total. The number of amides is 3. The first-order valence-electron chi connectivity index (χ1n) is 13.6. The van der Waals surface area contributed by atoms with Gasteiger partial charge in [0.25, 0.3) is 0 Å². The maximum absolute atomic E-state index is 14.0. The molecule has 38 heavy (non-hydrogen) atoms. The molecule has 0 bridgehead atoms. The van der Waals surface area contributed by atoms with Crippen LogP contribution in [0.3, 0.4) is 0 Å². The number of piperidine rings is 1. The number of nitrogens with zero attached hydrogens (tertiary/aromatic N) is 1. The van der Waals surface area contributed by atoms with Crippen molar-refractivity contribution in [3.8, 4) is 0 Å². The summed E-state index contributed by atoms with van der Waals surface area (Å²) < 4.78 is 5.52. The number of rotatable bonds is 10. The molecule has 1 saturated heterocycles. The first-order chi connectivity index (χ1) is 17.7. The van der Waals surface area contributed by atoms with Crippen LogP contribution in [0.25, 0.3) is 0 Å². The first-order valence-corrected chi connectivity index (χ1v) is 13.6. The third kappa shape index (κ3) is 8.20. The Balaban J connectivity index is 2.30. The molecule has 0 saturated carbocycles. The van der Waals surface area contributed by atoms with Crippen molar-refractivity contribution in [1.82, 2.24) is 15.5 Å². The largest absolute Gasteiger partial charge is 0.480 e. The number of benzene rings is 1. The summed E-state index contributed by atoms with van der Waals surface area (Å²) in [5, 5.41) is 15.2. The number of likely N-dealkylation sites (tertiary alicyclic amines) is 1. The second-order valence-corrected chi connectivity index (χ2v) is 11.8. The Hall–Kier alpha value is -3.10. The minimum atomic E-state index is -1.10. The fourth-order valence-electron chi connectivity index (χ4n) is 4.74. The molecule has 0 spiro atoms. The molecule has 0 unspecified atom stereocenters. The van der Waals surface area contributed by atoms with E-state index in [0.29, 0.717) is 32.4 Å². The van der Waals surface area contributed by atoms with E-state index in [1.165, 1.54) is 0 Å². The lowest BCUT2D eigenvalue weighted by Crippen LogP contribution is -2.59. The normalized spacial score (nSPS) is 17.7. The molecule has 3 N–H and O–H groups in total. The van der Waals surface area contributed by atoms with Crippen LogP contribution in [0.1, 0.15) is 79.7 Å². The van der Waals surface area contributed by atoms with Crippen molar-refractivity contribution in [2.45, 2.75) is 97.2 Å². The molecule has 9 heteroatoms. The average molecular weight is 532 g/mol. The van der Waals surface area contributed by atoms with Crippen LogP contribution in [-0.2, 0) is 24.5 Å². The number of carboxylic acids is 1. The fourth-order valence-corrected chi connectivity index (χ4v) is 4.74. The van der Waals surface area contributed by atoms with Gasteiger partial charge >= 0.3 is 12.1 Å². The Morgan fingerprint density at radius 2 is 1.61 bits per heavy atom. The zero-order chi connectivity index (χ0) is 28.7. The van der Waals surface area contributed by atoms with E-state index in [4.69, 9.17) is 4.74 Å². The molecule has 2 rings (SSSR count). The van der Waals surface area contributed by atoms with Gasteiger partial charge in [-0.3, -0.25) is 9.59 Å². The van der Waals surface area contributed by atoms with Crippen LogP contribution in [0.4, 0.5) is 4.79 Å². The molecule has 3 atom stereocenters. The Morgan fingerprint density at radius 1 is 1.03 bits per heavy atom. The van der Waals surface area contributed by atoms with Gasteiger partial charge in [0.15, 0.2) is 0 Å². The number of ether oxygens (including phenoxy) is 1. The summed E-state index contributed by atoms with van der Waals surface area (Å²) in [5.74, 6) is -2.05. The van der Waals surface area contributed by atoms with Crippen molar-refractivity contribution in [2.24, 2.45) is 11.8 Å². The van der Waals surface area contributed by atoms with E-state index in [1.807, 2.05) is 78.8 Å². The zero-order valence-electron chi connectivity index (χ0n) is 23.9. The van der Waals surface area contributed by atoms with E-state index >= 15 is 0 Å². The molecule has 1 aromatic rings. The van der Waals surface area contributed by atoms with Crippen LogP contribution in [-0.4, -0.2) is 64.7 Å².